The minimum Gasteiger partial charge on any atom is -0.494 e. The molecule has 0 N–H and O–H groups in total. The number of ether oxygens (including phenoxy) is 2. The van der Waals surface area contributed by atoms with Gasteiger partial charge in [0.1, 0.15) is 10.6 Å². The SMILES string of the molecule is CCCCOc1ccc(/C(=C/c2cc3sc(N=Nc4ccc(N5CCCC5)cc4)nc3s2)C(=O)OC)cc1. The second-order valence-corrected chi connectivity index (χ2v) is 11.1. The summed E-state index contributed by atoms with van der Waals surface area (Å²) in [7, 11) is 1.39. The van der Waals surface area contributed by atoms with Gasteiger partial charge in [0.05, 0.1) is 29.7 Å². The van der Waals surface area contributed by atoms with E-state index >= 15 is 0 Å². The summed E-state index contributed by atoms with van der Waals surface area (Å²) in [5, 5.41) is 9.33. The van der Waals surface area contributed by atoms with E-state index in [4.69, 9.17) is 9.47 Å². The van der Waals surface area contributed by atoms with Gasteiger partial charge < -0.3 is 14.4 Å². The lowest BCUT2D eigenvalue weighted by atomic mass is 10.1. The maximum absolute atomic E-state index is 12.6. The third kappa shape index (κ3) is 6.28. The van der Waals surface area contributed by atoms with E-state index in [0.29, 0.717) is 17.3 Å². The molecule has 9 heteroatoms. The Morgan fingerprint density at radius 2 is 1.82 bits per heavy atom. The molecule has 0 amide bonds. The number of rotatable bonds is 10. The molecule has 1 aliphatic rings. The first kappa shape index (κ1) is 26.1. The number of nitrogens with zero attached hydrogens (tertiary/aromatic N) is 4. The third-order valence-corrected chi connectivity index (χ3v) is 8.28. The van der Waals surface area contributed by atoms with Crippen LogP contribution in [0, 0.1) is 0 Å². The highest BCUT2D eigenvalue weighted by Crippen LogP contribution is 2.37. The van der Waals surface area contributed by atoms with E-state index in [1.165, 1.54) is 48.3 Å². The number of carbonyl (C=O) groups is 1. The molecule has 3 heterocycles. The fraction of sp³-hybridized carbons (Fsp3) is 0.310. The molecule has 0 bridgehead atoms. The molecule has 7 nitrogen and oxygen atoms in total. The zero-order valence-electron chi connectivity index (χ0n) is 21.6. The van der Waals surface area contributed by atoms with Crippen LogP contribution >= 0.6 is 22.7 Å². The number of anilines is 1. The van der Waals surface area contributed by atoms with Crippen LogP contribution in [0.3, 0.4) is 0 Å². The first-order valence-corrected chi connectivity index (χ1v) is 14.5. The standard InChI is InChI=1S/C29H30N4O3S2/c1-3-4-17-36-23-13-7-20(8-14-23)25(28(34)35-2)18-24-19-26-27(37-24)30-29(38-26)32-31-21-9-11-22(12-10-21)33-15-5-6-16-33/h7-14,18-19H,3-6,15-17H2,1-2H3/b25-18-,32-31?. The van der Waals surface area contributed by atoms with Crippen LogP contribution in [0.25, 0.3) is 21.2 Å². The summed E-state index contributed by atoms with van der Waals surface area (Å²) in [5.41, 5.74) is 3.30. The summed E-state index contributed by atoms with van der Waals surface area (Å²) in [6.45, 7) is 5.05. The average Bonchev–Trinajstić information content (AvgIpc) is 3.69. The molecule has 0 radical (unpaired) electrons. The van der Waals surface area contributed by atoms with Crippen molar-refractivity contribution in [2.75, 3.05) is 31.7 Å². The van der Waals surface area contributed by atoms with Crippen LogP contribution < -0.4 is 9.64 Å². The number of fused-ring (bicyclic) bond motifs is 1. The maximum Gasteiger partial charge on any atom is 0.338 e. The Morgan fingerprint density at radius 3 is 2.50 bits per heavy atom. The van der Waals surface area contributed by atoms with Crippen molar-refractivity contribution < 1.29 is 14.3 Å². The molecule has 0 aliphatic carbocycles. The summed E-state index contributed by atoms with van der Waals surface area (Å²) in [6.07, 6.45) is 6.45. The molecule has 2 aromatic carbocycles. The van der Waals surface area contributed by atoms with Crippen LogP contribution in [0.1, 0.15) is 43.0 Å². The molecule has 0 saturated carbocycles. The molecule has 38 heavy (non-hydrogen) atoms. The number of hydrogen-bond donors (Lipinski definition) is 0. The molecular weight excluding hydrogens is 516 g/mol. The van der Waals surface area contributed by atoms with Crippen LogP contribution in [0.15, 0.2) is 64.8 Å². The van der Waals surface area contributed by atoms with E-state index in [0.717, 1.165) is 57.3 Å². The van der Waals surface area contributed by atoms with Crippen LogP contribution in [-0.2, 0) is 9.53 Å². The number of unbranched alkanes of at least 4 members (excludes halogenated alkanes) is 1. The molecule has 0 spiro atoms. The maximum atomic E-state index is 12.6. The lowest BCUT2D eigenvalue weighted by Crippen LogP contribution is -2.17. The van der Waals surface area contributed by atoms with E-state index in [2.05, 4.69) is 39.2 Å². The minimum atomic E-state index is -0.389. The molecule has 2 aromatic heterocycles. The van der Waals surface area contributed by atoms with Gasteiger partial charge >= 0.3 is 5.97 Å². The number of methoxy groups -OCH3 is 1. The van der Waals surface area contributed by atoms with Crippen molar-refractivity contribution in [3.63, 3.8) is 0 Å². The van der Waals surface area contributed by atoms with E-state index in [1.807, 2.05) is 48.5 Å². The Kier molecular flexibility index (Phi) is 8.45. The number of hydrogen-bond acceptors (Lipinski definition) is 9. The van der Waals surface area contributed by atoms with Gasteiger partial charge in [-0.1, -0.05) is 36.8 Å². The Morgan fingerprint density at radius 1 is 1.05 bits per heavy atom. The molecule has 0 unspecified atom stereocenters. The number of azo groups is 1. The van der Waals surface area contributed by atoms with Gasteiger partial charge in [0.2, 0.25) is 5.13 Å². The highest BCUT2D eigenvalue weighted by atomic mass is 32.1. The Hall–Kier alpha value is -3.56. The number of thiophene rings is 1. The predicted octanol–water partition coefficient (Wildman–Crippen LogP) is 8.27. The second kappa shape index (κ2) is 12.3. The Bertz CT molecular complexity index is 1400. The summed E-state index contributed by atoms with van der Waals surface area (Å²) in [6, 6.07) is 17.7. The van der Waals surface area contributed by atoms with Crippen molar-refractivity contribution in [2.45, 2.75) is 32.6 Å². The number of aromatic nitrogens is 1. The predicted molar refractivity (Wildman–Crippen MR) is 156 cm³/mol. The Labute approximate surface area is 230 Å². The lowest BCUT2D eigenvalue weighted by molar-refractivity contribution is -0.133. The highest BCUT2D eigenvalue weighted by molar-refractivity contribution is 7.29. The largest absolute Gasteiger partial charge is 0.494 e. The van der Waals surface area contributed by atoms with E-state index < -0.39 is 0 Å². The van der Waals surface area contributed by atoms with Crippen LogP contribution in [0.5, 0.6) is 5.75 Å². The molecule has 1 fully saturated rings. The van der Waals surface area contributed by atoms with E-state index in [9.17, 15) is 4.79 Å². The quantitative estimate of drug-likeness (QED) is 0.0866. The fourth-order valence-corrected chi connectivity index (χ4v) is 6.22. The van der Waals surface area contributed by atoms with Gasteiger partial charge in [0.15, 0.2) is 0 Å². The molecule has 1 saturated heterocycles. The van der Waals surface area contributed by atoms with Crippen molar-refractivity contribution in [1.82, 2.24) is 4.98 Å². The van der Waals surface area contributed by atoms with Crippen LogP contribution in [-0.4, -0.2) is 37.8 Å². The number of carbonyl (C=O) groups excluding carboxylic acids is 1. The van der Waals surface area contributed by atoms with Crippen molar-refractivity contribution in [1.29, 1.82) is 0 Å². The first-order valence-electron chi connectivity index (χ1n) is 12.8. The topological polar surface area (TPSA) is 76.4 Å². The highest BCUT2D eigenvalue weighted by Gasteiger charge is 2.15. The molecule has 1 aliphatic heterocycles. The van der Waals surface area contributed by atoms with Gasteiger partial charge in [-0.25, -0.2) is 9.78 Å². The lowest BCUT2D eigenvalue weighted by Gasteiger charge is -2.17. The first-order chi connectivity index (χ1) is 18.6. The van der Waals surface area contributed by atoms with Crippen LogP contribution in [0.2, 0.25) is 0 Å². The van der Waals surface area contributed by atoms with Gasteiger partial charge in [-0.2, -0.15) is 0 Å². The van der Waals surface area contributed by atoms with Crippen molar-refractivity contribution in [2.24, 2.45) is 10.2 Å². The smallest absolute Gasteiger partial charge is 0.338 e. The molecule has 5 rings (SSSR count). The fourth-order valence-electron chi connectivity index (χ4n) is 4.24. The van der Waals surface area contributed by atoms with Gasteiger partial charge in [0, 0.05) is 23.7 Å². The Balaban J connectivity index is 1.29. The van der Waals surface area contributed by atoms with E-state index in [-0.39, 0.29) is 5.97 Å². The van der Waals surface area contributed by atoms with Crippen molar-refractivity contribution in [3.05, 3.63) is 65.0 Å². The summed E-state index contributed by atoms with van der Waals surface area (Å²) < 4.78 is 11.8. The monoisotopic (exact) mass is 546 g/mol. The molecule has 4 aromatic rings. The molecule has 0 atom stereocenters. The zero-order chi connectivity index (χ0) is 26.3. The van der Waals surface area contributed by atoms with Crippen molar-refractivity contribution in [3.8, 4) is 5.75 Å². The normalized spacial score (nSPS) is 14.1. The molecule has 196 valence electrons. The van der Waals surface area contributed by atoms with Gasteiger partial charge in [-0.05, 0) is 73.4 Å². The van der Waals surface area contributed by atoms with E-state index in [1.54, 1.807) is 0 Å². The van der Waals surface area contributed by atoms with Gasteiger partial charge in [0.25, 0.3) is 0 Å². The minimum absolute atomic E-state index is 0.389. The zero-order valence-corrected chi connectivity index (χ0v) is 23.2. The van der Waals surface area contributed by atoms with Crippen LogP contribution in [0.4, 0.5) is 16.5 Å². The third-order valence-electron chi connectivity index (χ3n) is 6.29. The number of thiazole rings is 1. The number of esters is 1. The average molecular weight is 547 g/mol. The number of benzene rings is 2. The molecular formula is C29H30N4O3S2. The van der Waals surface area contributed by atoms with Gasteiger partial charge in [-0.3, -0.25) is 0 Å². The summed E-state index contributed by atoms with van der Waals surface area (Å²) in [5.74, 6) is 0.399. The van der Waals surface area contributed by atoms with Crippen molar-refractivity contribution >= 4 is 66.3 Å². The summed E-state index contributed by atoms with van der Waals surface area (Å²) in [4.78, 5) is 21.4. The second-order valence-electron chi connectivity index (χ2n) is 9.00. The summed E-state index contributed by atoms with van der Waals surface area (Å²) >= 11 is 2.98. The van der Waals surface area contributed by atoms with Gasteiger partial charge in [-0.15, -0.1) is 21.6 Å².